The summed E-state index contributed by atoms with van der Waals surface area (Å²) in [6.07, 6.45) is 1.67. The smallest absolute Gasteiger partial charge is 0.173 e. The molecule has 152 valence electrons. The molecule has 0 aliphatic rings. The standard InChI is InChI=1S/C23H19BrN2O2S2/c1-14(2)28-18-9-5-16(6-10-18)20(27)12-30-23-21-19(11-29-22(21)25-13-26-23)15-3-7-17(24)8-4-15/h3-11,13-14H,12H2,1-2H3. The Hall–Kier alpha value is -2.22. The predicted molar refractivity (Wildman–Crippen MR) is 128 cm³/mol. The zero-order chi connectivity index (χ0) is 21.1. The summed E-state index contributed by atoms with van der Waals surface area (Å²) in [5.74, 6) is 1.14. The van der Waals surface area contributed by atoms with Gasteiger partial charge in [0.25, 0.3) is 0 Å². The number of fused-ring (bicyclic) bond motifs is 1. The normalized spacial score (nSPS) is 11.2. The van der Waals surface area contributed by atoms with Crippen molar-refractivity contribution in [2.24, 2.45) is 0 Å². The summed E-state index contributed by atoms with van der Waals surface area (Å²) in [6.45, 7) is 3.95. The number of halogens is 1. The van der Waals surface area contributed by atoms with Gasteiger partial charge < -0.3 is 4.74 Å². The maximum absolute atomic E-state index is 12.7. The predicted octanol–water partition coefficient (Wildman–Crippen LogP) is 6.88. The molecule has 2 aromatic heterocycles. The van der Waals surface area contributed by atoms with Crippen molar-refractivity contribution in [2.75, 3.05) is 5.75 Å². The number of hydrogen-bond acceptors (Lipinski definition) is 6. The Kier molecular flexibility index (Phi) is 6.51. The number of aromatic nitrogens is 2. The number of carbonyl (C=O) groups is 1. The van der Waals surface area contributed by atoms with Crippen LogP contribution < -0.4 is 4.74 Å². The van der Waals surface area contributed by atoms with Crippen molar-refractivity contribution in [1.29, 1.82) is 0 Å². The monoisotopic (exact) mass is 498 g/mol. The first kappa shape index (κ1) is 21.0. The Balaban J connectivity index is 1.55. The van der Waals surface area contributed by atoms with Gasteiger partial charge in [-0.2, -0.15) is 0 Å². The van der Waals surface area contributed by atoms with Gasteiger partial charge in [0.15, 0.2) is 5.78 Å². The van der Waals surface area contributed by atoms with Gasteiger partial charge >= 0.3 is 0 Å². The minimum Gasteiger partial charge on any atom is -0.491 e. The second-order valence-corrected chi connectivity index (χ2v) is 9.66. The molecule has 0 N–H and O–H groups in total. The second-order valence-electron chi connectivity index (χ2n) is 6.92. The molecule has 0 bridgehead atoms. The van der Waals surface area contributed by atoms with Gasteiger partial charge in [-0.25, -0.2) is 9.97 Å². The lowest BCUT2D eigenvalue weighted by molar-refractivity contribution is 0.102. The molecule has 0 saturated carbocycles. The van der Waals surface area contributed by atoms with Crippen LogP contribution in [0.3, 0.4) is 0 Å². The lowest BCUT2D eigenvalue weighted by atomic mass is 10.1. The Bertz CT molecular complexity index is 1170. The Labute approximate surface area is 191 Å². The number of hydrogen-bond donors (Lipinski definition) is 0. The van der Waals surface area contributed by atoms with Crippen LogP contribution in [-0.4, -0.2) is 27.6 Å². The summed E-state index contributed by atoms with van der Waals surface area (Å²) >= 11 is 6.52. The van der Waals surface area contributed by atoms with Crippen molar-refractivity contribution in [3.63, 3.8) is 0 Å². The highest BCUT2D eigenvalue weighted by molar-refractivity contribution is 9.10. The minimum atomic E-state index is 0.0586. The fraction of sp³-hybridized carbons (Fsp3) is 0.174. The van der Waals surface area contributed by atoms with Crippen LogP contribution in [0.4, 0.5) is 0 Å². The van der Waals surface area contributed by atoms with Crippen LogP contribution in [0.1, 0.15) is 24.2 Å². The Morgan fingerprint density at radius 3 is 2.53 bits per heavy atom. The van der Waals surface area contributed by atoms with Crippen LogP contribution in [0.5, 0.6) is 5.75 Å². The van der Waals surface area contributed by atoms with E-state index in [2.05, 4.69) is 43.4 Å². The number of benzene rings is 2. The number of nitrogens with zero attached hydrogens (tertiary/aromatic N) is 2. The number of rotatable bonds is 7. The zero-order valence-corrected chi connectivity index (χ0v) is 19.7. The molecule has 7 heteroatoms. The maximum atomic E-state index is 12.7. The third-order valence-electron chi connectivity index (χ3n) is 4.38. The Morgan fingerprint density at radius 2 is 1.83 bits per heavy atom. The van der Waals surface area contributed by atoms with Crippen molar-refractivity contribution < 1.29 is 9.53 Å². The van der Waals surface area contributed by atoms with E-state index in [-0.39, 0.29) is 11.9 Å². The third-order valence-corrected chi connectivity index (χ3v) is 6.78. The molecule has 0 amide bonds. The highest BCUT2D eigenvalue weighted by Gasteiger charge is 2.15. The van der Waals surface area contributed by atoms with Crippen molar-refractivity contribution in [2.45, 2.75) is 25.0 Å². The first-order chi connectivity index (χ1) is 14.5. The van der Waals surface area contributed by atoms with Gasteiger partial charge in [0, 0.05) is 21.0 Å². The molecule has 0 fully saturated rings. The fourth-order valence-electron chi connectivity index (χ4n) is 3.01. The molecule has 0 atom stereocenters. The minimum absolute atomic E-state index is 0.0586. The van der Waals surface area contributed by atoms with Crippen molar-refractivity contribution in [1.82, 2.24) is 9.97 Å². The second kappa shape index (κ2) is 9.29. The van der Waals surface area contributed by atoms with Gasteiger partial charge in [0.05, 0.1) is 17.2 Å². The first-order valence-corrected chi connectivity index (χ1v) is 12.1. The molecule has 4 aromatic rings. The van der Waals surface area contributed by atoms with Crippen LogP contribution in [0.15, 0.2) is 69.7 Å². The number of Topliss-reactive ketones (excluding diaryl/α,β-unsaturated/α-hetero) is 1. The van der Waals surface area contributed by atoms with Gasteiger partial charge in [0.1, 0.15) is 21.9 Å². The van der Waals surface area contributed by atoms with E-state index in [1.807, 2.05) is 50.2 Å². The molecule has 30 heavy (non-hydrogen) atoms. The number of ketones is 1. The van der Waals surface area contributed by atoms with Crippen molar-refractivity contribution in [3.05, 3.63) is 70.3 Å². The van der Waals surface area contributed by atoms with Crippen LogP contribution in [0.25, 0.3) is 21.3 Å². The maximum Gasteiger partial charge on any atom is 0.173 e. The molecular formula is C23H19BrN2O2S2. The molecule has 4 rings (SSSR count). The summed E-state index contributed by atoms with van der Waals surface area (Å²) in [5, 5.41) is 3.93. The molecule has 2 heterocycles. The molecule has 0 radical (unpaired) electrons. The SMILES string of the molecule is CC(C)Oc1ccc(C(=O)CSc2ncnc3scc(-c4ccc(Br)cc4)c23)cc1. The van der Waals surface area contributed by atoms with E-state index in [1.54, 1.807) is 17.7 Å². The van der Waals surface area contributed by atoms with E-state index >= 15 is 0 Å². The number of thioether (sulfide) groups is 1. The quantitative estimate of drug-likeness (QED) is 0.158. The molecular weight excluding hydrogens is 480 g/mol. The molecule has 4 nitrogen and oxygen atoms in total. The average Bonchev–Trinajstić information content (AvgIpc) is 3.17. The van der Waals surface area contributed by atoms with Crippen molar-refractivity contribution in [3.8, 4) is 16.9 Å². The van der Waals surface area contributed by atoms with E-state index < -0.39 is 0 Å². The van der Waals surface area contributed by atoms with Gasteiger partial charge in [-0.3, -0.25) is 4.79 Å². The van der Waals surface area contributed by atoms with Gasteiger partial charge in [-0.1, -0.05) is 39.8 Å². The first-order valence-electron chi connectivity index (χ1n) is 9.42. The number of carbonyl (C=O) groups excluding carboxylic acids is 1. The third kappa shape index (κ3) is 4.74. The highest BCUT2D eigenvalue weighted by atomic mass is 79.9. The van der Waals surface area contributed by atoms with E-state index in [9.17, 15) is 4.79 Å². The van der Waals surface area contributed by atoms with Crippen LogP contribution >= 0.6 is 39.0 Å². The topological polar surface area (TPSA) is 52.1 Å². The summed E-state index contributed by atoms with van der Waals surface area (Å²) in [6, 6.07) is 15.5. The van der Waals surface area contributed by atoms with E-state index in [4.69, 9.17) is 4.74 Å². The summed E-state index contributed by atoms with van der Waals surface area (Å²) in [4.78, 5) is 22.5. The average molecular weight is 499 g/mol. The van der Waals surface area contributed by atoms with Crippen LogP contribution in [-0.2, 0) is 0 Å². The number of ether oxygens (including phenoxy) is 1. The summed E-state index contributed by atoms with van der Waals surface area (Å²) in [7, 11) is 0. The van der Waals surface area contributed by atoms with E-state index in [1.165, 1.54) is 11.8 Å². The lowest BCUT2D eigenvalue weighted by Crippen LogP contribution is -2.06. The van der Waals surface area contributed by atoms with Crippen molar-refractivity contribution >= 4 is 55.0 Å². The van der Waals surface area contributed by atoms with Gasteiger partial charge in [-0.15, -0.1) is 11.3 Å². The van der Waals surface area contributed by atoms with Crippen LogP contribution in [0, 0.1) is 0 Å². The summed E-state index contributed by atoms with van der Waals surface area (Å²) in [5.41, 5.74) is 2.86. The molecule has 0 aliphatic carbocycles. The molecule has 0 unspecified atom stereocenters. The summed E-state index contributed by atoms with van der Waals surface area (Å²) < 4.78 is 6.68. The zero-order valence-electron chi connectivity index (χ0n) is 16.5. The van der Waals surface area contributed by atoms with E-state index in [0.29, 0.717) is 11.3 Å². The highest BCUT2D eigenvalue weighted by Crippen LogP contribution is 2.38. The van der Waals surface area contributed by atoms with Crippen LogP contribution in [0.2, 0.25) is 0 Å². The lowest BCUT2D eigenvalue weighted by Gasteiger charge is -2.10. The fourth-order valence-corrected chi connectivity index (χ4v) is 5.16. The largest absolute Gasteiger partial charge is 0.491 e. The molecule has 0 saturated heterocycles. The molecule has 2 aromatic carbocycles. The van der Waals surface area contributed by atoms with Gasteiger partial charge in [-0.05, 0) is 55.8 Å². The number of thiophene rings is 1. The molecule has 0 aliphatic heterocycles. The van der Waals surface area contributed by atoms with E-state index in [0.717, 1.165) is 36.6 Å². The van der Waals surface area contributed by atoms with Gasteiger partial charge in [0.2, 0.25) is 0 Å². The Morgan fingerprint density at radius 1 is 1.10 bits per heavy atom. The molecule has 0 spiro atoms.